The number of rotatable bonds is 4. The zero-order valence-electron chi connectivity index (χ0n) is 18.0. The van der Waals surface area contributed by atoms with Gasteiger partial charge in [-0.3, -0.25) is 14.5 Å². The summed E-state index contributed by atoms with van der Waals surface area (Å²) in [5, 5.41) is 7.49. The molecule has 5 aromatic rings. The molecule has 0 spiro atoms. The summed E-state index contributed by atoms with van der Waals surface area (Å²) in [4.78, 5) is 32.2. The van der Waals surface area contributed by atoms with Crippen LogP contribution in [0.5, 0.6) is 0 Å². The van der Waals surface area contributed by atoms with Crippen molar-refractivity contribution in [3.05, 3.63) is 80.5 Å². The van der Waals surface area contributed by atoms with E-state index >= 15 is 0 Å². The first-order chi connectivity index (χ1) is 17.1. The zero-order chi connectivity index (χ0) is 25.4. The molecule has 2 unspecified atom stereocenters. The fraction of sp³-hybridized carbons (Fsp3) is 0.227. The summed E-state index contributed by atoms with van der Waals surface area (Å²) >= 11 is 0. The molecule has 0 saturated heterocycles. The number of nitrogens with one attached hydrogen (secondary N) is 2. The Kier molecular flexibility index (Phi) is 4.65. The van der Waals surface area contributed by atoms with E-state index in [9.17, 15) is 31.5 Å². The second-order valence-corrected chi connectivity index (χ2v) is 8.58. The van der Waals surface area contributed by atoms with Crippen LogP contribution in [0.25, 0.3) is 27.8 Å². The highest BCUT2D eigenvalue weighted by Crippen LogP contribution is 2.56. The molecule has 0 amide bonds. The molecule has 0 aliphatic heterocycles. The van der Waals surface area contributed by atoms with Crippen molar-refractivity contribution in [1.82, 2.24) is 34.3 Å². The highest BCUT2D eigenvalue weighted by molar-refractivity contribution is 5.80. The Bertz CT molecular complexity index is 1780. The van der Waals surface area contributed by atoms with Crippen LogP contribution in [0.3, 0.4) is 0 Å². The molecule has 4 heterocycles. The molecule has 14 heteroatoms. The lowest BCUT2D eigenvalue weighted by Crippen LogP contribution is -2.23. The first-order valence-corrected chi connectivity index (χ1v) is 10.7. The number of aromatic nitrogens is 7. The van der Waals surface area contributed by atoms with Gasteiger partial charge in [-0.25, -0.2) is 9.78 Å². The van der Waals surface area contributed by atoms with Crippen LogP contribution in [0.15, 0.2) is 46.2 Å². The van der Waals surface area contributed by atoms with Gasteiger partial charge in [-0.1, -0.05) is 6.07 Å². The zero-order valence-corrected chi connectivity index (χ0v) is 18.0. The van der Waals surface area contributed by atoms with Crippen LogP contribution in [0.1, 0.15) is 29.4 Å². The van der Waals surface area contributed by atoms with Crippen LogP contribution < -0.4 is 11.2 Å². The highest BCUT2D eigenvalue weighted by Gasteiger charge is 2.42. The van der Waals surface area contributed by atoms with E-state index in [2.05, 4.69) is 25.1 Å². The molecule has 9 nitrogen and oxygen atoms in total. The molecule has 1 aliphatic rings. The van der Waals surface area contributed by atoms with Crippen molar-refractivity contribution in [3.8, 4) is 11.3 Å². The Hall–Kier alpha value is -4.36. The van der Waals surface area contributed by atoms with Gasteiger partial charge in [-0.05, 0) is 42.0 Å². The molecule has 2 N–H and O–H groups in total. The lowest BCUT2D eigenvalue weighted by molar-refractivity contribution is -0.142. The van der Waals surface area contributed by atoms with E-state index in [4.69, 9.17) is 0 Å². The molecule has 36 heavy (non-hydrogen) atoms. The number of hydrogen-bond donors (Lipinski definition) is 2. The van der Waals surface area contributed by atoms with Crippen molar-refractivity contribution in [1.29, 1.82) is 0 Å². The second-order valence-electron chi connectivity index (χ2n) is 8.58. The van der Waals surface area contributed by atoms with E-state index < -0.39 is 35.9 Å². The minimum absolute atomic E-state index is 0.0102. The Morgan fingerprint density at radius 1 is 1.08 bits per heavy atom. The summed E-state index contributed by atoms with van der Waals surface area (Å²) in [5.41, 5.74) is 0.136. The van der Waals surface area contributed by atoms with Gasteiger partial charge < -0.3 is 4.98 Å². The Labute approximate surface area is 196 Å². The molecule has 184 valence electrons. The summed E-state index contributed by atoms with van der Waals surface area (Å²) in [6, 6.07) is 6.05. The standard InChI is InChI=1S/C22H14F5N7O2/c23-17-7-28-19-13(5-15(31-34(17)19)14-6-29-21(36)30-20(14)35)12-4-11(12)9-1-2-10-16(3-9)33(32-18(10)24)8-22(25,26)27/h1-3,5-7,11-12H,4,8H2,(H2,29,30,35,36). The van der Waals surface area contributed by atoms with Crippen LogP contribution in [0.2, 0.25) is 0 Å². The maximum atomic E-state index is 14.4. The average Bonchev–Trinajstić information content (AvgIpc) is 3.44. The summed E-state index contributed by atoms with van der Waals surface area (Å²) in [6.07, 6.45) is -1.87. The lowest BCUT2D eigenvalue weighted by Gasteiger charge is -2.09. The molecule has 0 bridgehead atoms. The quantitative estimate of drug-likeness (QED) is 0.366. The van der Waals surface area contributed by atoms with E-state index in [0.717, 1.165) is 10.7 Å². The third-order valence-electron chi connectivity index (χ3n) is 6.23. The van der Waals surface area contributed by atoms with Gasteiger partial charge in [-0.15, -0.1) is 5.10 Å². The Morgan fingerprint density at radius 2 is 1.89 bits per heavy atom. The van der Waals surface area contributed by atoms with Gasteiger partial charge >= 0.3 is 11.9 Å². The molecular formula is C22H14F5N7O2. The lowest BCUT2D eigenvalue weighted by atomic mass is 10.0. The summed E-state index contributed by atoms with van der Waals surface area (Å²) < 4.78 is 68.9. The third kappa shape index (κ3) is 3.65. The molecule has 4 aromatic heterocycles. The molecule has 1 fully saturated rings. The molecule has 1 saturated carbocycles. The van der Waals surface area contributed by atoms with Gasteiger partial charge in [0.15, 0.2) is 5.65 Å². The largest absolute Gasteiger partial charge is 0.408 e. The van der Waals surface area contributed by atoms with Crippen molar-refractivity contribution in [2.75, 3.05) is 0 Å². The predicted octanol–water partition coefficient (Wildman–Crippen LogP) is 3.23. The van der Waals surface area contributed by atoms with Crippen LogP contribution in [-0.2, 0) is 6.54 Å². The van der Waals surface area contributed by atoms with Gasteiger partial charge in [0, 0.05) is 11.8 Å². The molecular weight excluding hydrogens is 489 g/mol. The molecule has 1 aromatic carbocycles. The van der Waals surface area contributed by atoms with Gasteiger partial charge in [0.1, 0.15) is 6.54 Å². The summed E-state index contributed by atoms with van der Waals surface area (Å²) in [5.74, 6) is -2.16. The fourth-order valence-electron chi connectivity index (χ4n) is 4.55. The number of aromatic amines is 2. The predicted molar refractivity (Wildman–Crippen MR) is 115 cm³/mol. The van der Waals surface area contributed by atoms with E-state index in [0.29, 0.717) is 22.2 Å². The second kappa shape index (κ2) is 7.57. The Morgan fingerprint density at radius 3 is 2.64 bits per heavy atom. The molecule has 1 aliphatic carbocycles. The van der Waals surface area contributed by atoms with E-state index in [1.54, 1.807) is 12.1 Å². The maximum absolute atomic E-state index is 14.4. The van der Waals surface area contributed by atoms with E-state index in [1.165, 1.54) is 18.3 Å². The number of fused-ring (bicyclic) bond motifs is 2. The minimum Gasteiger partial charge on any atom is -0.313 e. The van der Waals surface area contributed by atoms with Crippen molar-refractivity contribution in [2.45, 2.75) is 31.0 Å². The number of hydrogen-bond acceptors (Lipinski definition) is 5. The SMILES string of the molecule is O=c1[nH]cc(-c2cc(C3CC3c3ccc4c(F)nn(CC(F)(F)F)c4c3)c3ncc(F)n3n2)c(=O)[nH]1. The van der Waals surface area contributed by atoms with Crippen LogP contribution in [-0.4, -0.2) is 40.5 Å². The number of nitrogens with zero attached hydrogens (tertiary/aromatic N) is 5. The molecule has 2 atom stereocenters. The number of alkyl halides is 3. The normalized spacial score (nSPS) is 17.8. The Balaban J connectivity index is 1.42. The number of H-pyrrole nitrogens is 2. The maximum Gasteiger partial charge on any atom is 0.408 e. The smallest absolute Gasteiger partial charge is 0.313 e. The third-order valence-corrected chi connectivity index (χ3v) is 6.23. The van der Waals surface area contributed by atoms with Crippen molar-refractivity contribution < 1.29 is 22.0 Å². The monoisotopic (exact) mass is 503 g/mol. The van der Waals surface area contributed by atoms with E-state index in [1.807, 2.05) is 0 Å². The van der Waals surface area contributed by atoms with Crippen LogP contribution in [0.4, 0.5) is 22.0 Å². The van der Waals surface area contributed by atoms with Gasteiger partial charge in [0.2, 0.25) is 11.9 Å². The van der Waals surface area contributed by atoms with Crippen LogP contribution >= 0.6 is 0 Å². The van der Waals surface area contributed by atoms with Crippen molar-refractivity contribution in [3.63, 3.8) is 0 Å². The number of halogens is 5. The summed E-state index contributed by atoms with van der Waals surface area (Å²) in [6.45, 7) is -1.43. The van der Waals surface area contributed by atoms with Crippen LogP contribution in [0, 0.1) is 11.9 Å². The van der Waals surface area contributed by atoms with Gasteiger partial charge in [-0.2, -0.15) is 31.6 Å². The van der Waals surface area contributed by atoms with Gasteiger partial charge in [0.25, 0.3) is 5.56 Å². The van der Waals surface area contributed by atoms with Gasteiger partial charge in [0.05, 0.1) is 28.4 Å². The highest BCUT2D eigenvalue weighted by atomic mass is 19.4. The van der Waals surface area contributed by atoms with E-state index in [-0.39, 0.29) is 39.6 Å². The van der Waals surface area contributed by atoms with Crippen molar-refractivity contribution in [2.24, 2.45) is 0 Å². The first-order valence-electron chi connectivity index (χ1n) is 10.7. The topological polar surface area (TPSA) is 114 Å². The number of benzene rings is 1. The summed E-state index contributed by atoms with van der Waals surface area (Å²) in [7, 11) is 0. The minimum atomic E-state index is -4.58. The van der Waals surface area contributed by atoms with Crippen molar-refractivity contribution >= 4 is 16.6 Å². The molecule has 0 radical (unpaired) electrons. The average molecular weight is 503 g/mol. The molecule has 6 rings (SSSR count). The first kappa shape index (κ1) is 22.1. The fourth-order valence-corrected chi connectivity index (χ4v) is 4.55. The number of imidazole rings is 1.